The van der Waals surface area contributed by atoms with Crippen molar-refractivity contribution in [2.75, 3.05) is 9.71 Å². The van der Waals surface area contributed by atoms with Crippen molar-refractivity contribution in [3.63, 3.8) is 0 Å². The number of ether oxygens (including phenoxy) is 1. The van der Waals surface area contributed by atoms with Gasteiger partial charge in [-0.25, -0.2) is 0 Å². The van der Waals surface area contributed by atoms with Crippen LogP contribution in [0.1, 0.15) is 0 Å². The fourth-order valence-corrected chi connectivity index (χ4v) is 9.60. The van der Waals surface area contributed by atoms with Gasteiger partial charge in [-0.15, -0.1) is 0 Å². The Morgan fingerprint density at radius 3 is 1.94 bits per heavy atom. The molecule has 2 aromatic heterocycles. The van der Waals surface area contributed by atoms with Gasteiger partial charge >= 0.3 is 6.85 Å². The highest BCUT2D eigenvalue weighted by atomic mass is 16.5. The Morgan fingerprint density at radius 1 is 0.463 bits per heavy atom. The second kappa shape index (κ2) is 10.2. The van der Waals surface area contributed by atoms with E-state index in [-0.39, 0.29) is 6.85 Å². The van der Waals surface area contributed by atoms with Crippen LogP contribution in [0.4, 0.5) is 28.4 Å². The molecule has 0 aliphatic carbocycles. The molecule has 3 aliphatic rings. The third-order valence-electron chi connectivity index (χ3n) is 11.7. The Kier molecular flexibility index (Phi) is 5.39. The monoisotopic (exact) mass is 689 g/mol. The summed E-state index contributed by atoms with van der Waals surface area (Å²) in [5.74, 6) is 1.67. The fraction of sp³-hybridized carbons (Fsp3) is 0. The standard InChI is InChI=1S/C48H28BN3O2/c1-2-14-29(15-3-1)52-40-28-45-33(30-16-5-11-23-42(30)53-45)26-32(40)34-27-41(50-38-21-9-12-24-43(38)54-44-25-13-10-22-39(44)50)46-31-17-4-7-19-36(31)51-37-20-8-6-18-35(37)49(52)47(34)48(46)51/h1-28H. The summed E-state index contributed by atoms with van der Waals surface area (Å²) in [5, 5.41) is 4.68. The Hall–Kier alpha value is -7.18. The van der Waals surface area contributed by atoms with Crippen molar-refractivity contribution in [2.24, 2.45) is 0 Å². The molecule has 0 fully saturated rings. The minimum Gasteiger partial charge on any atom is -0.456 e. The van der Waals surface area contributed by atoms with Gasteiger partial charge in [0.15, 0.2) is 11.5 Å². The number of hydrogen-bond donors (Lipinski definition) is 0. The van der Waals surface area contributed by atoms with Gasteiger partial charge in [-0.3, -0.25) is 0 Å². The maximum absolute atomic E-state index is 6.60. The molecule has 6 heteroatoms. The molecule has 54 heavy (non-hydrogen) atoms. The lowest BCUT2D eigenvalue weighted by atomic mass is 9.44. The average molecular weight is 690 g/mol. The first-order valence-electron chi connectivity index (χ1n) is 18.5. The zero-order chi connectivity index (χ0) is 35.1. The lowest BCUT2D eigenvalue weighted by Crippen LogP contribution is -2.60. The molecule has 0 bridgehead atoms. The van der Waals surface area contributed by atoms with Crippen LogP contribution in [0.5, 0.6) is 11.5 Å². The molecule has 0 unspecified atom stereocenters. The molecule has 0 saturated carbocycles. The van der Waals surface area contributed by atoms with Gasteiger partial charge in [0.25, 0.3) is 0 Å². The predicted octanol–water partition coefficient (Wildman–Crippen LogP) is 11.5. The van der Waals surface area contributed by atoms with Crippen LogP contribution in [-0.2, 0) is 0 Å². The highest BCUT2D eigenvalue weighted by molar-refractivity contribution is 6.93. The Bertz CT molecular complexity index is 3190. The van der Waals surface area contributed by atoms with Crippen LogP contribution in [0.2, 0.25) is 0 Å². The summed E-state index contributed by atoms with van der Waals surface area (Å²) in [7, 11) is 0. The van der Waals surface area contributed by atoms with Crippen LogP contribution >= 0.6 is 0 Å². The highest BCUT2D eigenvalue weighted by Crippen LogP contribution is 2.55. The molecule has 0 saturated heterocycles. The number of hydrogen-bond acceptors (Lipinski definition) is 4. The summed E-state index contributed by atoms with van der Waals surface area (Å²) >= 11 is 0. The number of anilines is 5. The van der Waals surface area contributed by atoms with Crippen molar-refractivity contribution < 1.29 is 9.15 Å². The van der Waals surface area contributed by atoms with E-state index in [4.69, 9.17) is 9.15 Å². The van der Waals surface area contributed by atoms with Crippen LogP contribution in [0.3, 0.4) is 0 Å². The molecule has 250 valence electrons. The lowest BCUT2D eigenvalue weighted by Gasteiger charge is -2.42. The molecule has 3 aliphatic heterocycles. The van der Waals surface area contributed by atoms with Crippen molar-refractivity contribution in [1.82, 2.24) is 4.57 Å². The zero-order valence-electron chi connectivity index (χ0n) is 28.9. The molecule has 0 amide bonds. The normalized spacial score (nSPS) is 13.6. The molecule has 0 radical (unpaired) electrons. The molecule has 8 aromatic carbocycles. The highest BCUT2D eigenvalue weighted by Gasteiger charge is 2.45. The van der Waals surface area contributed by atoms with Gasteiger partial charge in [-0.05, 0) is 83.2 Å². The van der Waals surface area contributed by atoms with Gasteiger partial charge in [0, 0.05) is 50.2 Å². The molecule has 0 spiro atoms. The minimum atomic E-state index is -0.0921. The smallest absolute Gasteiger partial charge is 0.333 e. The van der Waals surface area contributed by atoms with Gasteiger partial charge in [0.2, 0.25) is 0 Å². The third-order valence-corrected chi connectivity index (χ3v) is 11.7. The maximum atomic E-state index is 6.60. The number of nitrogens with zero attached hydrogens (tertiary/aromatic N) is 3. The van der Waals surface area contributed by atoms with Gasteiger partial charge in [-0.2, -0.15) is 0 Å². The van der Waals surface area contributed by atoms with E-state index >= 15 is 0 Å². The molecular weight excluding hydrogens is 661 g/mol. The van der Waals surface area contributed by atoms with Crippen LogP contribution in [0, 0.1) is 0 Å². The SMILES string of the molecule is c1ccc(N2B3c4ccccc4-n4c5ccccc5c5c(N6c7ccccc7Oc7ccccc76)cc(c3c54)-c3cc4c(cc32)oc2ccccc24)cc1. The first-order valence-corrected chi connectivity index (χ1v) is 18.5. The van der Waals surface area contributed by atoms with E-state index < -0.39 is 0 Å². The second-order valence-corrected chi connectivity index (χ2v) is 14.4. The van der Waals surface area contributed by atoms with Gasteiger partial charge in [-0.1, -0.05) is 97.1 Å². The first kappa shape index (κ1) is 28.4. The second-order valence-electron chi connectivity index (χ2n) is 14.4. The summed E-state index contributed by atoms with van der Waals surface area (Å²) < 4.78 is 15.7. The molecule has 0 N–H and O–H groups in total. The van der Waals surface area contributed by atoms with Crippen LogP contribution in [-0.4, -0.2) is 11.4 Å². The van der Waals surface area contributed by atoms with Crippen LogP contribution in [0.25, 0.3) is 60.6 Å². The summed E-state index contributed by atoms with van der Waals surface area (Å²) in [6.45, 7) is -0.0921. The first-order chi connectivity index (χ1) is 26.8. The molecule has 10 aromatic rings. The van der Waals surface area contributed by atoms with E-state index in [0.717, 1.165) is 61.9 Å². The molecular formula is C48H28BN3O2. The van der Waals surface area contributed by atoms with E-state index in [1.54, 1.807) is 0 Å². The van der Waals surface area contributed by atoms with Gasteiger partial charge in [0.1, 0.15) is 11.2 Å². The molecule has 5 nitrogen and oxygen atoms in total. The number of benzene rings is 8. The van der Waals surface area contributed by atoms with Crippen LogP contribution < -0.4 is 25.4 Å². The summed E-state index contributed by atoms with van der Waals surface area (Å²) in [6.07, 6.45) is 0. The number of rotatable bonds is 2. The zero-order valence-corrected chi connectivity index (χ0v) is 28.9. The van der Waals surface area contributed by atoms with Gasteiger partial charge < -0.3 is 23.4 Å². The van der Waals surface area contributed by atoms with Crippen molar-refractivity contribution in [3.8, 4) is 28.3 Å². The van der Waals surface area contributed by atoms with Crippen molar-refractivity contribution in [2.45, 2.75) is 0 Å². The van der Waals surface area contributed by atoms with E-state index in [1.165, 1.54) is 49.5 Å². The molecule has 13 rings (SSSR count). The number of aromatic nitrogens is 1. The Morgan fingerprint density at radius 2 is 1.13 bits per heavy atom. The predicted molar refractivity (Wildman–Crippen MR) is 222 cm³/mol. The largest absolute Gasteiger partial charge is 0.456 e. The van der Waals surface area contributed by atoms with Gasteiger partial charge in [0.05, 0.1) is 28.1 Å². The Balaban J connectivity index is 1.26. The number of furan rings is 1. The fourth-order valence-electron chi connectivity index (χ4n) is 9.60. The quantitative estimate of drug-likeness (QED) is 0.169. The third kappa shape index (κ3) is 3.55. The topological polar surface area (TPSA) is 33.8 Å². The van der Waals surface area contributed by atoms with E-state index in [2.05, 4.69) is 166 Å². The number of para-hydroxylation sites is 8. The summed E-state index contributed by atoms with van der Waals surface area (Å²) in [6, 6.07) is 61.0. The van der Waals surface area contributed by atoms with E-state index in [0.29, 0.717) is 0 Å². The van der Waals surface area contributed by atoms with Crippen molar-refractivity contribution in [1.29, 1.82) is 0 Å². The average Bonchev–Trinajstić information content (AvgIpc) is 3.78. The Labute approximate surface area is 310 Å². The minimum absolute atomic E-state index is 0.0921. The van der Waals surface area contributed by atoms with E-state index in [1.807, 2.05) is 18.2 Å². The van der Waals surface area contributed by atoms with E-state index in [9.17, 15) is 0 Å². The number of fused-ring (bicyclic) bond motifs is 13. The van der Waals surface area contributed by atoms with Crippen molar-refractivity contribution >= 4 is 90.0 Å². The summed E-state index contributed by atoms with van der Waals surface area (Å²) in [5.41, 5.74) is 15.8. The lowest BCUT2D eigenvalue weighted by molar-refractivity contribution is 0.477. The molecule has 5 heterocycles. The van der Waals surface area contributed by atoms with Crippen molar-refractivity contribution in [3.05, 3.63) is 170 Å². The van der Waals surface area contributed by atoms with Crippen LogP contribution in [0.15, 0.2) is 174 Å². The summed E-state index contributed by atoms with van der Waals surface area (Å²) in [4.78, 5) is 4.97. The molecule has 0 atom stereocenters. The maximum Gasteiger partial charge on any atom is 0.333 e.